The first-order valence-corrected chi connectivity index (χ1v) is 10.5. The lowest BCUT2D eigenvalue weighted by Gasteiger charge is -2.14. The van der Waals surface area contributed by atoms with E-state index in [1.165, 1.54) is 27.5 Å². The van der Waals surface area contributed by atoms with Gasteiger partial charge in [-0.3, -0.25) is 4.79 Å². The molecule has 154 valence electrons. The third kappa shape index (κ3) is 2.93. The molecule has 1 saturated heterocycles. The Balaban J connectivity index is 1.24. The van der Waals surface area contributed by atoms with Crippen LogP contribution in [-0.4, -0.2) is 22.0 Å². The van der Waals surface area contributed by atoms with E-state index in [1.807, 2.05) is 24.3 Å². The van der Waals surface area contributed by atoms with Crippen LogP contribution in [0.5, 0.6) is 5.88 Å². The minimum absolute atomic E-state index is 0.00976. The second kappa shape index (κ2) is 7.01. The molecule has 4 aromatic rings. The Bertz CT molecular complexity index is 1360. The lowest BCUT2D eigenvalue weighted by Crippen LogP contribution is -2.35. The fourth-order valence-corrected chi connectivity index (χ4v) is 4.88. The lowest BCUT2D eigenvalue weighted by atomic mass is 9.93. The van der Waals surface area contributed by atoms with Crippen molar-refractivity contribution in [3.63, 3.8) is 0 Å². The second-order valence-corrected chi connectivity index (χ2v) is 8.19. The Morgan fingerprint density at radius 1 is 0.935 bits per heavy atom. The number of fused-ring (bicyclic) bond motifs is 1. The third-order valence-corrected chi connectivity index (χ3v) is 6.40. The summed E-state index contributed by atoms with van der Waals surface area (Å²) in [5.74, 6) is -0.466. The van der Waals surface area contributed by atoms with Crippen molar-refractivity contribution < 1.29 is 9.90 Å². The zero-order chi connectivity index (χ0) is 20.9. The Hall–Kier alpha value is -3.55. The van der Waals surface area contributed by atoms with Crippen LogP contribution in [-0.2, 0) is 17.6 Å². The summed E-state index contributed by atoms with van der Waals surface area (Å²) in [6.07, 6.45) is 2.76. The van der Waals surface area contributed by atoms with Crippen LogP contribution in [0.3, 0.4) is 0 Å². The van der Waals surface area contributed by atoms with Crippen molar-refractivity contribution in [3.05, 3.63) is 71.3 Å². The standard InChI is InChI=1S/C24H21N5O2/c30-23(29-28-22-17-5-1-2-7-18(17)25-24(22)31)20-12-19(26-27-20)15-11-10-14-9-8-13-4-3-6-16(15)21(13)14/h1-7,10-11,19-20,25-27,31H,8-9,12H2. The molecular formula is C24H21N5O2. The van der Waals surface area contributed by atoms with Crippen LogP contribution in [0, 0.1) is 0 Å². The molecule has 2 atom stereocenters. The average molecular weight is 411 g/mol. The van der Waals surface area contributed by atoms with Crippen LogP contribution < -0.4 is 10.9 Å². The van der Waals surface area contributed by atoms with Crippen LogP contribution >= 0.6 is 0 Å². The highest BCUT2D eigenvalue weighted by molar-refractivity contribution is 5.95. The smallest absolute Gasteiger partial charge is 0.282 e. The van der Waals surface area contributed by atoms with Gasteiger partial charge < -0.3 is 10.1 Å². The molecule has 0 bridgehead atoms. The molecule has 31 heavy (non-hydrogen) atoms. The van der Waals surface area contributed by atoms with Crippen molar-refractivity contribution >= 4 is 33.3 Å². The third-order valence-electron chi connectivity index (χ3n) is 6.40. The number of nitrogens with one attached hydrogen (secondary N) is 3. The summed E-state index contributed by atoms with van der Waals surface area (Å²) in [6.45, 7) is 0. The van der Waals surface area contributed by atoms with Gasteiger partial charge >= 0.3 is 0 Å². The second-order valence-electron chi connectivity index (χ2n) is 8.19. The molecule has 1 fully saturated rings. The van der Waals surface area contributed by atoms with Gasteiger partial charge in [-0.25, -0.2) is 10.9 Å². The Morgan fingerprint density at radius 3 is 2.65 bits per heavy atom. The molecule has 1 aromatic heterocycles. The number of H-pyrrole nitrogens is 1. The van der Waals surface area contributed by atoms with Crippen LogP contribution in [0.2, 0.25) is 0 Å². The first-order valence-electron chi connectivity index (χ1n) is 10.5. The molecule has 0 radical (unpaired) electrons. The number of hydrogen-bond acceptors (Lipinski definition) is 5. The molecule has 2 unspecified atom stereocenters. The summed E-state index contributed by atoms with van der Waals surface area (Å²) in [6, 6.07) is 17.8. The molecular weight excluding hydrogens is 390 g/mol. The number of aromatic hydroxyl groups is 1. The van der Waals surface area contributed by atoms with Gasteiger partial charge in [-0.2, -0.15) is 0 Å². The minimum atomic E-state index is -0.482. The number of amides is 1. The Morgan fingerprint density at radius 2 is 1.74 bits per heavy atom. The van der Waals surface area contributed by atoms with Gasteiger partial charge in [-0.05, 0) is 52.8 Å². The number of benzene rings is 3. The van der Waals surface area contributed by atoms with Crippen molar-refractivity contribution in [2.24, 2.45) is 10.2 Å². The fraction of sp³-hybridized carbons (Fsp3) is 0.208. The van der Waals surface area contributed by atoms with Gasteiger partial charge in [0.05, 0.1) is 5.52 Å². The van der Waals surface area contributed by atoms with Crippen LogP contribution in [0.15, 0.2) is 64.8 Å². The highest BCUT2D eigenvalue weighted by Gasteiger charge is 2.32. The number of carbonyl (C=O) groups excluding carboxylic acids is 1. The van der Waals surface area contributed by atoms with Crippen molar-refractivity contribution in [3.8, 4) is 5.88 Å². The van der Waals surface area contributed by atoms with E-state index in [-0.39, 0.29) is 23.5 Å². The van der Waals surface area contributed by atoms with Crippen molar-refractivity contribution in [1.29, 1.82) is 0 Å². The van der Waals surface area contributed by atoms with E-state index < -0.39 is 6.04 Å². The molecule has 4 N–H and O–H groups in total. The van der Waals surface area contributed by atoms with Gasteiger partial charge in [0.2, 0.25) is 5.88 Å². The molecule has 1 amide bonds. The summed E-state index contributed by atoms with van der Waals surface area (Å²) in [5.41, 5.74) is 11.4. The molecule has 1 aliphatic carbocycles. The normalized spacial score (nSPS) is 20.4. The predicted octanol–water partition coefficient (Wildman–Crippen LogP) is 4.34. The molecule has 0 spiro atoms. The number of hydrazine groups is 1. The summed E-state index contributed by atoms with van der Waals surface area (Å²) >= 11 is 0. The Labute approximate surface area is 178 Å². The zero-order valence-corrected chi connectivity index (χ0v) is 16.7. The monoisotopic (exact) mass is 411 g/mol. The summed E-state index contributed by atoms with van der Waals surface area (Å²) in [7, 11) is 0. The van der Waals surface area contributed by atoms with Crippen LogP contribution in [0.25, 0.3) is 21.7 Å². The predicted molar refractivity (Wildman–Crippen MR) is 118 cm³/mol. The number of nitrogens with zero attached hydrogens (tertiary/aromatic N) is 2. The van der Waals surface area contributed by atoms with E-state index in [4.69, 9.17) is 0 Å². The molecule has 6 rings (SSSR count). The fourth-order valence-electron chi connectivity index (χ4n) is 4.88. The topological polar surface area (TPSA) is 102 Å². The first kappa shape index (κ1) is 18.2. The maximum absolute atomic E-state index is 12.7. The number of hydrogen-bond donors (Lipinski definition) is 4. The highest BCUT2D eigenvalue weighted by Crippen LogP contribution is 2.37. The van der Waals surface area contributed by atoms with Crippen molar-refractivity contribution in [1.82, 2.24) is 15.8 Å². The van der Waals surface area contributed by atoms with Gasteiger partial charge in [-0.1, -0.05) is 48.5 Å². The SMILES string of the molecule is O=C(N=Nc1c(O)[nH]c2ccccc12)C1CC(c2ccc3c4c(cccc24)CC3)NN1. The van der Waals surface area contributed by atoms with Crippen molar-refractivity contribution in [2.45, 2.75) is 31.3 Å². The van der Waals surface area contributed by atoms with E-state index in [0.717, 1.165) is 23.7 Å². The first-order chi connectivity index (χ1) is 15.2. The number of azo groups is 1. The molecule has 2 heterocycles. The number of rotatable bonds is 3. The number of carbonyl (C=O) groups is 1. The molecule has 7 nitrogen and oxygen atoms in total. The minimum Gasteiger partial charge on any atom is -0.493 e. The summed E-state index contributed by atoms with van der Waals surface area (Å²) in [4.78, 5) is 15.5. The summed E-state index contributed by atoms with van der Waals surface area (Å²) in [5, 5.41) is 21.4. The van der Waals surface area contributed by atoms with Gasteiger partial charge in [-0.15, -0.1) is 10.2 Å². The quantitative estimate of drug-likeness (QED) is 0.377. The highest BCUT2D eigenvalue weighted by atomic mass is 16.3. The van der Waals surface area contributed by atoms with Gasteiger partial charge in [0, 0.05) is 11.4 Å². The van der Waals surface area contributed by atoms with Gasteiger partial charge in [0.15, 0.2) is 5.69 Å². The molecule has 2 aliphatic rings. The zero-order valence-electron chi connectivity index (χ0n) is 16.7. The number of para-hydroxylation sites is 1. The maximum Gasteiger partial charge on any atom is 0.282 e. The number of aromatic nitrogens is 1. The van der Waals surface area contributed by atoms with Gasteiger partial charge in [0.1, 0.15) is 6.04 Å². The summed E-state index contributed by atoms with van der Waals surface area (Å²) < 4.78 is 0. The largest absolute Gasteiger partial charge is 0.493 e. The average Bonchev–Trinajstić information content (AvgIpc) is 3.51. The number of aromatic amines is 1. The molecule has 7 heteroatoms. The van der Waals surface area contributed by atoms with E-state index in [2.05, 4.69) is 56.4 Å². The lowest BCUT2D eigenvalue weighted by molar-refractivity contribution is -0.120. The van der Waals surface area contributed by atoms with Crippen LogP contribution in [0.1, 0.15) is 29.2 Å². The molecule has 0 saturated carbocycles. The maximum atomic E-state index is 12.7. The van der Waals surface area contributed by atoms with E-state index >= 15 is 0 Å². The van der Waals surface area contributed by atoms with E-state index in [9.17, 15) is 9.90 Å². The van der Waals surface area contributed by atoms with Crippen LogP contribution in [0.4, 0.5) is 5.69 Å². The van der Waals surface area contributed by atoms with Crippen molar-refractivity contribution in [2.75, 3.05) is 0 Å². The van der Waals surface area contributed by atoms with E-state index in [0.29, 0.717) is 6.42 Å². The number of aryl methyl sites for hydroxylation is 2. The Kier molecular flexibility index (Phi) is 4.12. The van der Waals surface area contributed by atoms with Gasteiger partial charge in [0.25, 0.3) is 5.91 Å². The van der Waals surface area contributed by atoms with E-state index in [1.54, 1.807) is 0 Å². The molecule has 3 aromatic carbocycles. The molecule has 1 aliphatic heterocycles.